The molecule has 5 N–H and O–H groups in total. The van der Waals surface area contributed by atoms with E-state index in [4.69, 9.17) is 15.2 Å². The molecule has 0 aromatic heterocycles. The molecule has 0 radical (unpaired) electrons. The molecule has 0 aliphatic heterocycles. The van der Waals surface area contributed by atoms with Crippen molar-refractivity contribution in [1.29, 1.82) is 0 Å². The molecule has 256 valence electrons. The van der Waals surface area contributed by atoms with Crippen LogP contribution in [0.3, 0.4) is 0 Å². The van der Waals surface area contributed by atoms with Gasteiger partial charge in [0.2, 0.25) is 5.91 Å². The van der Waals surface area contributed by atoms with Crippen molar-refractivity contribution in [3.05, 3.63) is 48.0 Å². The quantitative estimate of drug-likeness (QED) is 0.156. The lowest BCUT2D eigenvalue weighted by Crippen LogP contribution is -2.53. The van der Waals surface area contributed by atoms with Crippen molar-refractivity contribution in [2.75, 3.05) is 6.54 Å². The highest BCUT2D eigenvalue weighted by atomic mass is 16.6. The third-order valence-electron chi connectivity index (χ3n) is 7.23. The summed E-state index contributed by atoms with van der Waals surface area (Å²) < 4.78 is 10.9. The molecule has 0 fully saturated rings. The van der Waals surface area contributed by atoms with Crippen molar-refractivity contribution >= 4 is 34.6 Å². The van der Waals surface area contributed by atoms with Crippen LogP contribution in [0.4, 0.5) is 4.79 Å². The molecule has 0 unspecified atom stereocenters. The van der Waals surface area contributed by atoms with E-state index in [0.29, 0.717) is 25.8 Å². The maximum absolute atomic E-state index is 13.1. The van der Waals surface area contributed by atoms with Crippen molar-refractivity contribution in [3.63, 3.8) is 0 Å². The summed E-state index contributed by atoms with van der Waals surface area (Å²) in [6, 6.07) is 11.8. The van der Waals surface area contributed by atoms with Gasteiger partial charge in [-0.15, -0.1) is 0 Å². The molecule has 0 heterocycles. The van der Waals surface area contributed by atoms with Crippen LogP contribution in [-0.4, -0.2) is 59.7 Å². The second-order valence-corrected chi connectivity index (χ2v) is 15.0. The van der Waals surface area contributed by atoms with Crippen LogP contribution < -0.4 is 21.7 Å². The first-order valence-electron chi connectivity index (χ1n) is 16.3. The van der Waals surface area contributed by atoms with Crippen LogP contribution in [0.15, 0.2) is 42.5 Å². The third-order valence-corrected chi connectivity index (χ3v) is 7.23. The standard InChI is InChI=1S/C36H56N4O6/c1-34(2,3)29(40-33(44)39-28(32(43)46-36(7,8)9)19-20-30(41)45-35(4,5)6)16-12-13-21-38-31(42)27(37)23-24-17-18-25-14-10-11-15-26(25)22-24/h10-11,14-15,17-18,22,27-29H,12-13,16,19-21,23,37H2,1-9H3,(H,38,42)(H2,39,40,44)/t27-,28-,29-/m0/s1. The molecule has 10 heteroatoms. The summed E-state index contributed by atoms with van der Waals surface area (Å²) in [5, 5.41) is 10.9. The first kappa shape index (κ1) is 38.5. The number of unbranched alkanes of at least 4 members (excludes halogenated alkanes) is 1. The number of hydrogen-bond acceptors (Lipinski definition) is 7. The Kier molecular flexibility index (Phi) is 14.0. The number of urea groups is 1. The molecule has 0 saturated carbocycles. The van der Waals surface area contributed by atoms with E-state index in [2.05, 4.69) is 22.0 Å². The molecule has 0 aliphatic carbocycles. The Morgan fingerprint density at radius 1 is 0.783 bits per heavy atom. The highest BCUT2D eigenvalue weighted by Crippen LogP contribution is 2.24. The van der Waals surface area contributed by atoms with Gasteiger partial charge in [0.1, 0.15) is 17.2 Å². The molecule has 2 rings (SSSR count). The van der Waals surface area contributed by atoms with Gasteiger partial charge in [0.05, 0.1) is 6.04 Å². The first-order chi connectivity index (χ1) is 21.2. The fourth-order valence-corrected chi connectivity index (χ4v) is 4.88. The normalized spacial score (nSPS) is 14.1. The number of carbonyl (C=O) groups excluding carboxylic acids is 4. The maximum atomic E-state index is 13.1. The Hall–Kier alpha value is -3.66. The van der Waals surface area contributed by atoms with Crippen LogP contribution in [0.2, 0.25) is 0 Å². The molecule has 3 atom stereocenters. The second-order valence-electron chi connectivity index (χ2n) is 15.0. The number of fused-ring (bicyclic) bond motifs is 1. The predicted octanol–water partition coefficient (Wildman–Crippen LogP) is 5.54. The Balaban J connectivity index is 1.87. The van der Waals surface area contributed by atoms with Crippen LogP contribution in [0.1, 0.15) is 100.0 Å². The molecule has 0 spiro atoms. The van der Waals surface area contributed by atoms with Gasteiger partial charge in [-0.05, 0) is 95.4 Å². The summed E-state index contributed by atoms with van der Waals surface area (Å²) in [4.78, 5) is 51.0. The number of rotatable bonds is 14. The van der Waals surface area contributed by atoms with Gasteiger partial charge in [-0.1, -0.05) is 63.2 Å². The molecular weight excluding hydrogens is 584 g/mol. The molecular formula is C36H56N4O6. The Bertz CT molecular complexity index is 1320. The smallest absolute Gasteiger partial charge is 0.329 e. The molecule has 10 nitrogen and oxygen atoms in total. The van der Waals surface area contributed by atoms with Gasteiger partial charge < -0.3 is 31.2 Å². The van der Waals surface area contributed by atoms with E-state index < -0.39 is 41.3 Å². The average molecular weight is 641 g/mol. The molecule has 0 bridgehead atoms. The van der Waals surface area contributed by atoms with Crippen LogP contribution in [0.5, 0.6) is 0 Å². The van der Waals surface area contributed by atoms with E-state index in [1.54, 1.807) is 41.5 Å². The Morgan fingerprint density at radius 2 is 1.41 bits per heavy atom. The van der Waals surface area contributed by atoms with Crippen molar-refractivity contribution in [3.8, 4) is 0 Å². The minimum Gasteiger partial charge on any atom is -0.460 e. The highest BCUT2D eigenvalue weighted by Gasteiger charge is 2.31. The fourth-order valence-electron chi connectivity index (χ4n) is 4.88. The Morgan fingerprint density at radius 3 is 2.02 bits per heavy atom. The zero-order valence-corrected chi connectivity index (χ0v) is 29.3. The van der Waals surface area contributed by atoms with Gasteiger partial charge >= 0.3 is 18.0 Å². The number of nitrogens with two attached hydrogens (primary N) is 1. The van der Waals surface area contributed by atoms with Crippen LogP contribution >= 0.6 is 0 Å². The summed E-state index contributed by atoms with van der Waals surface area (Å²) in [6.07, 6.45) is 2.55. The summed E-state index contributed by atoms with van der Waals surface area (Å²) >= 11 is 0. The van der Waals surface area contributed by atoms with E-state index in [0.717, 1.165) is 22.8 Å². The van der Waals surface area contributed by atoms with E-state index in [1.807, 2.05) is 57.2 Å². The third kappa shape index (κ3) is 14.6. The lowest BCUT2D eigenvalue weighted by atomic mass is 9.84. The monoisotopic (exact) mass is 640 g/mol. The summed E-state index contributed by atoms with van der Waals surface area (Å²) in [7, 11) is 0. The SMILES string of the molecule is CC(C)(C)OC(=O)CC[C@H](NC(=O)N[C@@H](CCCCNC(=O)[C@@H](N)Cc1ccc2ccccc2c1)C(C)(C)C)C(=O)OC(C)(C)C. The van der Waals surface area contributed by atoms with Crippen molar-refractivity contribution in [2.24, 2.45) is 11.1 Å². The molecule has 3 amide bonds. The topological polar surface area (TPSA) is 149 Å². The van der Waals surface area contributed by atoms with Crippen molar-refractivity contribution in [1.82, 2.24) is 16.0 Å². The zero-order chi connectivity index (χ0) is 34.7. The van der Waals surface area contributed by atoms with Gasteiger partial charge in [-0.2, -0.15) is 0 Å². The number of amides is 3. The first-order valence-corrected chi connectivity index (χ1v) is 16.3. The largest absolute Gasteiger partial charge is 0.460 e. The van der Waals surface area contributed by atoms with Gasteiger partial charge in [-0.3, -0.25) is 9.59 Å². The fraction of sp³-hybridized carbons (Fsp3) is 0.611. The maximum Gasteiger partial charge on any atom is 0.329 e. The number of hydrogen-bond donors (Lipinski definition) is 4. The minimum atomic E-state index is -1.03. The highest BCUT2D eigenvalue weighted by molar-refractivity contribution is 5.85. The molecule has 46 heavy (non-hydrogen) atoms. The molecule has 0 aliphatic rings. The number of benzene rings is 2. The van der Waals surface area contributed by atoms with E-state index >= 15 is 0 Å². The number of ether oxygens (including phenoxy) is 2. The van der Waals surface area contributed by atoms with E-state index in [-0.39, 0.29) is 30.2 Å². The molecule has 2 aromatic rings. The molecule has 2 aromatic carbocycles. The van der Waals surface area contributed by atoms with Crippen LogP contribution in [-0.2, 0) is 30.3 Å². The molecule has 0 saturated heterocycles. The number of nitrogens with one attached hydrogen (secondary N) is 3. The number of carbonyl (C=O) groups is 4. The van der Waals surface area contributed by atoms with Crippen molar-refractivity contribution < 1.29 is 28.7 Å². The van der Waals surface area contributed by atoms with Crippen LogP contribution in [0, 0.1) is 5.41 Å². The van der Waals surface area contributed by atoms with Gasteiger partial charge in [0.25, 0.3) is 0 Å². The second kappa shape index (κ2) is 16.8. The van der Waals surface area contributed by atoms with Gasteiger partial charge in [-0.25, -0.2) is 9.59 Å². The van der Waals surface area contributed by atoms with Gasteiger partial charge in [0, 0.05) is 19.0 Å². The average Bonchev–Trinajstić information content (AvgIpc) is 2.91. The van der Waals surface area contributed by atoms with E-state index in [1.165, 1.54) is 0 Å². The lowest BCUT2D eigenvalue weighted by molar-refractivity contribution is -0.158. The summed E-state index contributed by atoms with van der Waals surface area (Å²) in [5.74, 6) is -1.27. The minimum absolute atomic E-state index is 0.0418. The lowest BCUT2D eigenvalue weighted by Gasteiger charge is -2.32. The van der Waals surface area contributed by atoms with Gasteiger partial charge in [0.15, 0.2) is 0 Å². The summed E-state index contributed by atoms with van der Waals surface area (Å²) in [5.41, 5.74) is 5.52. The summed E-state index contributed by atoms with van der Waals surface area (Å²) in [6.45, 7) is 17.1. The van der Waals surface area contributed by atoms with Crippen LogP contribution in [0.25, 0.3) is 10.8 Å². The predicted molar refractivity (Wildman–Crippen MR) is 182 cm³/mol. The van der Waals surface area contributed by atoms with Crippen molar-refractivity contribution in [2.45, 2.75) is 130 Å². The number of esters is 2. The van der Waals surface area contributed by atoms with E-state index in [9.17, 15) is 19.2 Å². The Labute approximate surface area is 274 Å². The zero-order valence-electron chi connectivity index (χ0n) is 29.3.